The van der Waals surface area contributed by atoms with Crippen molar-refractivity contribution in [2.75, 3.05) is 0 Å². The topological polar surface area (TPSA) is 17.8 Å². The monoisotopic (exact) mass is 136 g/mol. The molecule has 0 saturated heterocycles. The Hall–Kier alpha value is -1.05. The van der Waals surface area contributed by atoms with Gasteiger partial charge in [0, 0.05) is 18.9 Å². The SMILES string of the molecule is C=C(CC)Cn1ccnc1. The average molecular weight is 136 g/mol. The highest BCUT2D eigenvalue weighted by molar-refractivity contribution is 4.94. The molecule has 1 aromatic heterocycles. The number of allylic oxidation sites excluding steroid dienone is 1. The van der Waals surface area contributed by atoms with E-state index in [0.717, 1.165) is 13.0 Å². The number of nitrogens with zero attached hydrogens (tertiary/aromatic N) is 2. The molecule has 0 radical (unpaired) electrons. The van der Waals surface area contributed by atoms with Crippen molar-refractivity contribution in [3.63, 3.8) is 0 Å². The van der Waals surface area contributed by atoms with E-state index < -0.39 is 0 Å². The van der Waals surface area contributed by atoms with E-state index in [2.05, 4.69) is 18.5 Å². The lowest BCUT2D eigenvalue weighted by Gasteiger charge is -2.01. The molecule has 1 aromatic rings. The molecule has 1 rings (SSSR count). The lowest BCUT2D eigenvalue weighted by atomic mass is 10.2. The quantitative estimate of drug-likeness (QED) is 0.580. The molecular weight excluding hydrogens is 124 g/mol. The minimum atomic E-state index is 0.899. The maximum Gasteiger partial charge on any atom is 0.0948 e. The minimum Gasteiger partial charge on any atom is -0.333 e. The highest BCUT2D eigenvalue weighted by Crippen LogP contribution is 1.99. The molecule has 0 amide bonds. The minimum absolute atomic E-state index is 0.899. The summed E-state index contributed by atoms with van der Waals surface area (Å²) in [6.45, 7) is 6.91. The fraction of sp³-hybridized carbons (Fsp3) is 0.375. The fourth-order valence-corrected chi connectivity index (χ4v) is 0.750. The van der Waals surface area contributed by atoms with E-state index in [1.807, 2.05) is 10.8 Å². The first-order valence-corrected chi connectivity index (χ1v) is 3.45. The second kappa shape index (κ2) is 3.20. The van der Waals surface area contributed by atoms with Gasteiger partial charge < -0.3 is 4.57 Å². The van der Waals surface area contributed by atoms with Crippen LogP contribution >= 0.6 is 0 Å². The smallest absolute Gasteiger partial charge is 0.0948 e. The van der Waals surface area contributed by atoms with Crippen molar-refractivity contribution >= 4 is 0 Å². The van der Waals surface area contributed by atoms with Crippen LogP contribution in [0.25, 0.3) is 0 Å². The van der Waals surface area contributed by atoms with Gasteiger partial charge in [-0.05, 0) is 6.42 Å². The normalized spacial score (nSPS) is 9.70. The number of hydrogen-bond acceptors (Lipinski definition) is 1. The van der Waals surface area contributed by atoms with Crippen molar-refractivity contribution in [3.8, 4) is 0 Å². The third-order valence-electron chi connectivity index (χ3n) is 1.47. The molecule has 10 heavy (non-hydrogen) atoms. The second-order valence-electron chi connectivity index (χ2n) is 2.34. The number of imidazole rings is 1. The molecule has 0 spiro atoms. The van der Waals surface area contributed by atoms with Crippen LogP contribution in [-0.2, 0) is 6.54 Å². The number of rotatable bonds is 3. The summed E-state index contributed by atoms with van der Waals surface area (Å²) in [6.07, 6.45) is 6.57. The summed E-state index contributed by atoms with van der Waals surface area (Å²) in [5, 5.41) is 0. The van der Waals surface area contributed by atoms with Crippen LogP contribution in [0.1, 0.15) is 13.3 Å². The summed E-state index contributed by atoms with van der Waals surface area (Å²) >= 11 is 0. The molecule has 0 aliphatic heterocycles. The number of hydrogen-bond donors (Lipinski definition) is 0. The molecule has 2 heteroatoms. The van der Waals surface area contributed by atoms with Crippen LogP contribution in [0, 0.1) is 0 Å². The predicted molar refractivity (Wildman–Crippen MR) is 41.7 cm³/mol. The summed E-state index contributed by atoms with van der Waals surface area (Å²) in [5.74, 6) is 0. The average Bonchev–Trinajstić information content (AvgIpc) is 2.40. The van der Waals surface area contributed by atoms with Crippen molar-refractivity contribution in [1.82, 2.24) is 9.55 Å². The first kappa shape index (κ1) is 7.06. The Balaban J connectivity index is 2.48. The lowest BCUT2D eigenvalue weighted by molar-refractivity contribution is 0.759. The molecule has 1 heterocycles. The van der Waals surface area contributed by atoms with Gasteiger partial charge in [0.1, 0.15) is 0 Å². The van der Waals surface area contributed by atoms with Crippen LogP contribution in [-0.4, -0.2) is 9.55 Å². The Morgan fingerprint density at radius 1 is 1.70 bits per heavy atom. The van der Waals surface area contributed by atoms with Gasteiger partial charge in [-0.15, -0.1) is 0 Å². The van der Waals surface area contributed by atoms with Gasteiger partial charge in [-0.1, -0.05) is 19.1 Å². The molecule has 0 atom stereocenters. The van der Waals surface area contributed by atoms with E-state index in [9.17, 15) is 0 Å². The maximum absolute atomic E-state index is 3.93. The Labute approximate surface area is 61.2 Å². The van der Waals surface area contributed by atoms with Crippen LogP contribution in [0.15, 0.2) is 30.9 Å². The van der Waals surface area contributed by atoms with Crippen LogP contribution in [0.4, 0.5) is 0 Å². The Bertz CT molecular complexity index is 199. The summed E-state index contributed by atoms with van der Waals surface area (Å²) in [7, 11) is 0. The number of aromatic nitrogens is 2. The van der Waals surface area contributed by atoms with Crippen LogP contribution in [0.5, 0.6) is 0 Å². The maximum atomic E-state index is 3.93. The van der Waals surface area contributed by atoms with Crippen molar-refractivity contribution < 1.29 is 0 Å². The summed E-state index contributed by atoms with van der Waals surface area (Å²) in [6, 6.07) is 0. The third kappa shape index (κ3) is 1.72. The van der Waals surface area contributed by atoms with E-state index in [-0.39, 0.29) is 0 Å². The standard InChI is InChI=1S/C8H12N2/c1-3-8(2)6-10-5-4-9-7-10/h4-5,7H,2-3,6H2,1H3. The van der Waals surface area contributed by atoms with Crippen LogP contribution in [0.2, 0.25) is 0 Å². The molecular formula is C8H12N2. The van der Waals surface area contributed by atoms with E-state index in [1.54, 1.807) is 12.5 Å². The van der Waals surface area contributed by atoms with Crippen LogP contribution in [0.3, 0.4) is 0 Å². The van der Waals surface area contributed by atoms with E-state index in [4.69, 9.17) is 0 Å². The van der Waals surface area contributed by atoms with Gasteiger partial charge >= 0.3 is 0 Å². The first-order chi connectivity index (χ1) is 4.83. The Kier molecular flexibility index (Phi) is 2.26. The van der Waals surface area contributed by atoms with Gasteiger partial charge in [0.25, 0.3) is 0 Å². The summed E-state index contributed by atoms with van der Waals surface area (Å²) < 4.78 is 2.02. The molecule has 0 N–H and O–H groups in total. The molecule has 0 fully saturated rings. The molecule has 54 valence electrons. The molecule has 0 saturated carbocycles. The van der Waals surface area contributed by atoms with Crippen LogP contribution < -0.4 is 0 Å². The third-order valence-corrected chi connectivity index (χ3v) is 1.47. The van der Waals surface area contributed by atoms with Gasteiger partial charge in [0.15, 0.2) is 0 Å². The van der Waals surface area contributed by atoms with Crippen molar-refractivity contribution in [1.29, 1.82) is 0 Å². The first-order valence-electron chi connectivity index (χ1n) is 3.45. The fourth-order valence-electron chi connectivity index (χ4n) is 0.750. The lowest BCUT2D eigenvalue weighted by Crippen LogP contribution is -1.95. The molecule has 0 aliphatic rings. The highest BCUT2D eigenvalue weighted by atomic mass is 15.0. The van der Waals surface area contributed by atoms with Gasteiger partial charge in [-0.3, -0.25) is 0 Å². The molecule has 0 aromatic carbocycles. The van der Waals surface area contributed by atoms with Crippen molar-refractivity contribution in [3.05, 3.63) is 30.9 Å². The zero-order chi connectivity index (χ0) is 7.40. The Morgan fingerprint density at radius 3 is 3.00 bits per heavy atom. The summed E-state index contributed by atoms with van der Waals surface area (Å²) in [5.41, 5.74) is 1.23. The van der Waals surface area contributed by atoms with Crippen molar-refractivity contribution in [2.24, 2.45) is 0 Å². The molecule has 0 bridgehead atoms. The van der Waals surface area contributed by atoms with Gasteiger partial charge in [-0.2, -0.15) is 0 Å². The summed E-state index contributed by atoms with van der Waals surface area (Å²) in [4.78, 5) is 3.93. The molecule has 0 aliphatic carbocycles. The van der Waals surface area contributed by atoms with E-state index in [0.29, 0.717) is 0 Å². The predicted octanol–water partition coefficient (Wildman–Crippen LogP) is 1.85. The van der Waals surface area contributed by atoms with E-state index >= 15 is 0 Å². The van der Waals surface area contributed by atoms with Gasteiger partial charge in [0.05, 0.1) is 6.33 Å². The largest absolute Gasteiger partial charge is 0.333 e. The van der Waals surface area contributed by atoms with E-state index in [1.165, 1.54) is 5.57 Å². The van der Waals surface area contributed by atoms with Gasteiger partial charge in [0.2, 0.25) is 0 Å². The molecule has 2 nitrogen and oxygen atoms in total. The second-order valence-corrected chi connectivity index (χ2v) is 2.34. The molecule has 0 unspecified atom stereocenters. The van der Waals surface area contributed by atoms with Crippen molar-refractivity contribution in [2.45, 2.75) is 19.9 Å². The van der Waals surface area contributed by atoms with Gasteiger partial charge in [-0.25, -0.2) is 4.98 Å². The zero-order valence-electron chi connectivity index (χ0n) is 6.25. The zero-order valence-corrected chi connectivity index (χ0v) is 6.25. The highest BCUT2D eigenvalue weighted by Gasteiger charge is 1.90. The Morgan fingerprint density at radius 2 is 2.50 bits per heavy atom.